The Labute approximate surface area is 140 Å². The lowest BCUT2D eigenvalue weighted by Crippen LogP contribution is -2.36. The molecule has 0 spiro atoms. The van der Waals surface area contributed by atoms with E-state index >= 15 is 0 Å². The summed E-state index contributed by atoms with van der Waals surface area (Å²) < 4.78 is 24.4. The molecule has 2 aromatic carbocycles. The summed E-state index contributed by atoms with van der Waals surface area (Å²) in [5, 5.41) is 2.74. The number of morpholine rings is 1. The molecule has 1 fully saturated rings. The van der Waals surface area contributed by atoms with Crippen molar-refractivity contribution in [1.82, 2.24) is 0 Å². The first-order valence-electron chi connectivity index (χ1n) is 7.75. The zero-order chi connectivity index (χ0) is 16.9. The van der Waals surface area contributed by atoms with Crippen molar-refractivity contribution in [3.63, 3.8) is 0 Å². The summed E-state index contributed by atoms with van der Waals surface area (Å²) in [5.41, 5.74) is 1.47. The number of hydrogen-bond acceptors (Lipinski definition) is 4. The van der Waals surface area contributed by atoms with Gasteiger partial charge in [0.1, 0.15) is 11.6 Å². The minimum atomic E-state index is -0.557. The number of nitrogens with zero attached hydrogens (tertiary/aromatic N) is 1. The van der Waals surface area contributed by atoms with Crippen LogP contribution in [-0.2, 0) is 4.74 Å². The van der Waals surface area contributed by atoms with Crippen molar-refractivity contribution in [2.45, 2.75) is 0 Å². The van der Waals surface area contributed by atoms with E-state index in [1.54, 1.807) is 18.2 Å². The third-order valence-corrected chi connectivity index (χ3v) is 3.93. The van der Waals surface area contributed by atoms with E-state index < -0.39 is 11.7 Å². The van der Waals surface area contributed by atoms with Gasteiger partial charge in [0.2, 0.25) is 0 Å². The van der Waals surface area contributed by atoms with Crippen molar-refractivity contribution < 1.29 is 18.7 Å². The van der Waals surface area contributed by atoms with E-state index in [9.17, 15) is 9.18 Å². The zero-order valence-corrected chi connectivity index (χ0v) is 13.4. The summed E-state index contributed by atoms with van der Waals surface area (Å²) >= 11 is 0. The molecule has 0 aromatic heterocycles. The van der Waals surface area contributed by atoms with Crippen LogP contribution in [0.25, 0.3) is 0 Å². The molecule has 1 aliphatic heterocycles. The number of carbonyl (C=O) groups excluding carboxylic acids is 1. The monoisotopic (exact) mass is 330 g/mol. The van der Waals surface area contributed by atoms with Crippen LogP contribution in [0, 0.1) is 5.82 Å². The molecule has 1 heterocycles. The molecule has 0 radical (unpaired) electrons. The minimum absolute atomic E-state index is 0.00340. The molecule has 3 rings (SSSR count). The van der Waals surface area contributed by atoms with Crippen LogP contribution in [0.4, 0.5) is 15.8 Å². The molecule has 6 heteroatoms. The Morgan fingerprint density at radius 3 is 2.67 bits per heavy atom. The Balaban J connectivity index is 1.85. The van der Waals surface area contributed by atoms with Crippen LogP contribution in [0.3, 0.4) is 0 Å². The molecular formula is C18H19FN2O3. The molecule has 24 heavy (non-hydrogen) atoms. The van der Waals surface area contributed by atoms with Crippen molar-refractivity contribution in [3.8, 4) is 5.75 Å². The molecule has 0 atom stereocenters. The lowest BCUT2D eigenvalue weighted by atomic mass is 10.1. The van der Waals surface area contributed by atoms with Gasteiger partial charge in [-0.25, -0.2) is 4.39 Å². The quantitative estimate of drug-likeness (QED) is 0.936. The molecule has 1 aliphatic rings. The van der Waals surface area contributed by atoms with E-state index in [-0.39, 0.29) is 5.56 Å². The van der Waals surface area contributed by atoms with Crippen LogP contribution in [0.5, 0.6) is 5.75 Å². The predicted octanol–water partition coefficient (Wildman–Crippen LogP) is 2.92. The van der Waals surface area contributed by atoms with Gasteiger partial charge in [-0.1, -0.05) is 12.1 Å². The summed E-state index contributed by atoms with van der Waals surface area (Å²) in [5.74, 6) is -0.541. The first-order valence-corrected chi connectivity index (χ1v) is 7.75. The maximum atomic E-state index is 13.8. The highest BCUT2D eigenvalue weighted by Gasteiger charge is 2.16. The molecule has 126 valence electrons. The van der Waals surface area contributed by atoms with E-state index in [1.165, 1.54) is 19.2 Å². The molecule has 2 aromatic rings. The fraction of sp³-hybridized carbons (Fsp3) is 0.278. The number of halogens is 1. The Kier molecular flexibility index (Phi) is 4.96. The van der Waals surface area contributed by atoms with Crippen LogP contribution in [0.2, 0.25) is 0 Å². The number of amides is 1. The average Bonchev–Trinajstić information content (AvgIpc) is 2.62. The first kappa shape index (κ1) is 16.3. The van der Waals surface area contributed by atoms with Crippen LogP contribution in [0.1, 0.15) is 10.4 Å². The van der Waals surface area contributed by atoms with E-state index in [1.807, 2.05) is 12.1 Å². The van der Waals surface area contributed by atoms with Crippen molar-refractivity contribution in [2.24, 2.45) is 0 Å². The Bertz CT molecular complexity index is 730. The Morgan fingerprint density at radius 1 is 1.21 bits per heavy atom. The van der Waals surface area contributed by atoms with Gasteiger partial charge in [0, 0.05) is 18.8 Å². The highest BCUT2D eigenvalue weighted by molar-refractivity contribution is 6.05. The van der Waals surface area contributed by atoms with Gasteiger partial charge >= 0.3 is 0 Å². The highest BCUT2D eigenvalue weighted by Crippen LogP contribution is 2.30. The van der Waals surface area contributed by atoms with Crippen LogP contribution >= 0.6 is 0 Å². The van der Waals surface area contributed by atoms with Gasteiger partial charge in [-0.05, 0) is 30.3 Å². The summed E-state index contributed by atoms with van der Waals surface area (Å²) in [6.07, 6.45) is 0. The van der Waals surface area contributed by atoms with Crippen molar-refractivity contribution in [2.75, 3.05) is 43.6 Å². The molecule has 1 amide bonds. The maximum Gasteiger partial charge on any atom is 0.258 e. The van der Waals surface area contributed by atoms with Crippen LogP contribution < -0.4 is 15.0 Å². The Morgan fingerprint density at radius 2 is 1.96 bits per heavy atom. The van der Waals surface area contributed by atoms with Crippen molar-refractivity contribution in [1.29, 1.82) is 0 Å². The third-order valence-electron chi connectivity index (χ3n) is 3.93. The van der Waals surface area contributed by atoms with Gasteiger partial charge in [0.25, 0.3) is 5.91 Å². The van der Waals surface area contributed by atoms with Gasteiger partial charge in [-0.2, -0.15) is 0 Å². The maximum absolute atomic E-state index is 13.8. The number of methoxy groups -OCH3 is 1. The standard InChI is InChI=1S/C18H19FN2O3/c1-23-17-7-6-13(21-8-10-24-11-9-21)12-16(17)20-18(22)14-4-2-3-5-15(14)19/h2-7,12H,8-11H2,1H3,(H,20,22). The van der Waals surface area contributed by atoms with Crippen LogP contribution in [-0.4, -0.2) is 39.3 Å². The number of rotatable bonds is 4. The molecule has 0 bridgehead atoms. The third kappa shape index (κ3) is 3.49. The van der Waals surface area contributed by atoms with Gasteiger partial charge in [0.15, 0.2) is 0 Å². The smallest absolute Gasteiger partial charge is 0.258 e. The molecular weight excluding hydrogens is 311 g/mol. The SMILES string of the molecule is COc1ccc(N2CCOCC2)cc1NC(=O)c1ccccc1F. The molecule has 5 nitrogen and oxygen atoms in total. The van der Waals surface area contributed by atoms with E-state index in [0.717, 1.165) is 18.8 Å². The minimum Gasteiger partial charge on any atom is -0.495 e. The van der Waals surface area contributed by atoms with Gasteiger partial charge in [-0.3, -0.25) is 4.79 Å². The summed E-state index contributed by atoms with van der Waals surface area (Å²) in [6, 6.07) is 11.4. The van der Waals surface area contributed by atoms with Gasteiger partial charge in [0.05, 0.1) is 31.6 Å². The van der Waals surface area contributed by atoms with E-state index in [2.05, 4.69) is 10.2 Å². The summed E-state index contributed by atoms with van der Waals surface area (Å²) in [6.45, 7) is 2.91. The van der Waals surface area contributed by atoms with Crippen molar-refractivity contribution in [3.05, 3.63) is 53.8 Å². The van der Waals surface area contributed by atoms with E-state index in [0.29, 0.717) is 24.7 Å². The largest absolute Gasteiger partial charge is 0.495 e. The number of ether oxygens (including phenoxy) is 2. The second kappa shape index (κ2) is 7.31. The molecule has 1 saturated heterocycles. The van der Waals surface area contributed by atoms with Gasteiger partial charge in [-0.15, -0.1) is 0 Å². The topological polar surface area (TPSA) is 50.8 Å². The molecule has 1 N–H and O–H groups in total. The Hall–Kier alpha value is -2.60. The number of anilines is 2. The predicted molar refractivity (Wildman–Crippen MR) is 90.4 cm³/mol. The van der Waals surface area contributed by atoms with Crippen LogP contribution in [0.15, 0.2) is 42.5 Å². The number of benzene rings is 2. The first-order chi connectivity index (χ1) is 11.7. The average molecular weight is 330 g/mol. The summed E-state index contributed by atoms with van der Waals surface area (Å²) in [4.78, 5) is 14.5. The fourth-order valence-electron chi connectivity index (χ4n) is 2.65. The lowest BCUT2D eigenvalue weighted by molar-refractivity contribution is 0.102. The number of carbonyl (C=O) groups is 1. The zero-order valence-electron chi connectivity index (χ0n) is 13.4. The second-order valence-electron chi connectivity index (χ2n) is 5.42. The molecule has 0 aliphatic carbocycles. The summed E-state index contributed by atoms with van der Waals surface area (Å²) in [7, 11) is 1.53. The fourth-order valence-corrected chi connectivity index (χ4v) is 2.65. The molecule has 0 saturated carbocycles. The van der Waals surface area contributed by atoms with Crippen molar-refractivity contribution >= 4 is 17.3 Å². The number of nitrogens with one attached hydrogen (secondary N) is 1. The highest BCUT2D eigenvalue weighted by atomic mass is 19.1. The van der Waals surface area contributed by atoms with E-state index in [4.69, 9.17) is 9.47 Å². The van der Waals surface area contributed by atoms with Gasteiger partial charge < -0.3 is 19.7 Å². The second-order valence-corrected chi connectivity index (χ2v) is 5.42. The number of hydrogen-bond donors (Lipinski definition) is 1. The lowest BCUT2D eigenvalue weighted by Gasteiger charge is -2.29. The molecule has 0 unspecified atom stereocenters. The normalized spacial score (nSPS) is 14.3.